The van der Waals surface area contributed by atoms with E-state index in [0.717, 1.165) is 12.1 Å². The van der Waals surface area contributed by atoms with Gasteiger partial charge in [0.2, 0.25) is 5.91 Å². The smallest absolute Gasteiger partial charge is 0.325 e. The number of halogens is 3. The van der Waals surface area contributed by atoms with Crippen molar-refractivity contribution >= 4 is 11.6 Å². The van der Waals surface area contributed by atoms with Crippen LogP contribution >= 0.6 is 0 Å². The maximum Gasteiger partial charge on any atom is 0.416 e. The number of hydrogen-bond donors (Lipinski definition) is 2. The Morgan fingerprint density at radius 2 is 1.88 bits per heavy atom. The molecule has 0 saturated heterocycles. The molecule has 0 spiro atoms. The number of nitrogens with two attached hydrogens (primary N) is 1. The van der Waals surface area contributed by atoms with E-state index in [4.69, 9.17) is 5.73 Å². The highest BCUT2D eigenvalue weighted by atomic mass is 19.4. The summed E-state index contributed by atoms with van der Waals surface area (Å²) in [6, 6.07) is 3.56. The molecule has 1 amide bonds. The van der Waals surface area contributed by atoms with Gasteiger partial charge in [0.05, 0.1) is 11.6 Å². The van der Waals surface area contributed by atoms with Gasteiger partial charge in [-0.3, -0.25) is 4.79 Å². The van der Waals surface area contributed by atoms with Crippen LogP contribution in [0.5, 0.6) is 0 Å². The molecule has 0 unspecified atom stereocenters. The van der Waals surface area contributed by atoms with Crippen molar-refractivity contribution in [2.24, 2.45) is 5.73 Å². The minimum atomic E-state index is -4.37. The van der Waals surface area contributed by atoms with Crippen LogP contribution in [0.2, 0.25) is 0 Å². The number of anilines is 1. The van der Waals surface area contributed by atoms with Gasteiger partial charge in [0.25, 0.3) is 0 Å². The van der Waals surface area contributed by atoms with Crippen molar-refractivity contribution in [3.8, 4) is 0 Å². The van der Waals surface area contributed by atoms with Crippen molar-refractivity contribution in [3.63, 3.8) is 0 Å². The molecule has 1 aromatic rings. The van der Waals surface area contributed by atoms with Gasteiger partial charge in [-0.05, 0) is 30.7 Å². The summed E-state index contributed by atoms with van der Waals surface area (Å²) < 4.78 is 36.8. The van der Waals surface area contributed by atoms with Gasteiger partial charge in [0, 0.05) is 5.69 Å². The zero-order valence-electron chi connectivity index (χ0n) is 9.21. The van der Waals surface area contributed by atoms with Gasteiger partial charge < -0.3 is 11.1 Å². The molecule has 6 heteroatoms. The molecule has 3 N–H and O–H groups in total. The molecule has 1 atom stereocenters. The van der Waals surface area contributed by atoms with Crippen LogP contribution in [-0.2, 0) is 11.0 Å². The molecule has 0 aliphatic heterocycles. The average molecular weight is 246 g/mol. The van der Waals surface area contributed by atoms with Crippen LogP contribution in [0.1, 0.15) is 18.9 Å². The van der Waals surface area contributed by atoms with Gasteiger partial charge in [-0.25, -0.2) is 0 Å². The zero-order chi connectivity index (χ0) is 13.1. The molecule has 0 aromatic heterocycles. The molecular formula is C11H13F3N2O. The SMILES string of the molecule is CC[C@H](N)C(=O)Nc1ccc(C(F)(F)F)cc1. The number of rotatable bonds is 3. The third kappa shape index (κ3) is 3.74. The fraction of sp³-hybridized carbons (Fsp3) is 0.364. The fourth-order valence-corrected chi connectivity index (χ4v) is 1.16. The lowest BCUT2D eigenvalue weighted by molar-refractivity contribution is -0.137. The number of amides is 1. The van der Waals surface area contributed by atoms with Gasteiger partial charge in [-0.15, -0.1) is 0 Å². The monoisotopic (exact) mass is 246 g/mol. The van der Waals surface area contributed by atoms with Crippen molar-refractivity contribution in [2.75, 3.05) is 5.32 Å². The number of nitrogens with one attached hydrogen (secondary N) is 1. The molecular weight excluding hydrogens is 233 g/mol. The molecule has 1 aromatic carbocycles. The molecule has 94 valence electrons. The summed E-state index contributed by atoms with van der Waals surface area (Å²) in [6.45, 7) is 1.75. The Balaban J connectivity index is 2.73. The summed E-state index contributed by atoms with van der Waals surface area (Å²) in [5.41, 5.74) is 5.02. The molecule has 0 aliphatic rings. The van der Waals surface area contributed by atoms with Crippen molar-refractivity contribution in [2.45, 2.75) is 25.6 Å². The predicted molar refractivity (Wildman–Crippen MR) is 58.3 cm³/mol. The zero-order valence-corrected chi connectivity index (χ0v) is 9.21. The lowest BCUT2D eigenvalue weighted by Gasteiger charge is -2.11. The molecule has 17 heavy (non-hydrogen) atoms. The first-order chi connectivity index (χ1) is 7.84. The lowest BCUT2D eigenvalue weighted by atomic mass is 10.2. The van der Waals surface area contributed by atoms with Crippen LogP contribution in [0.4, 0.5) is 18.9 Å². The maximum absolute atomic E-state index is 12.3. The summed E-state index contributed by atoms with van der Waals surface area (Å²) in [5.74, 6) is -0.410. The summed E-state index contributed by atoms with van der Waals surface area (Å²) in [6.07, 6.45) is -3.91. The molecule has 1 rings (SSSR count). The van der Waals surface area contributed by atoms with E-state index in [1.807, 2.05) is 0 Å². The first kappa shape index (κ1) is 13.5. The van der Waals surface area contributed by atoms with Gasteiger partial charge in [-0.2, -0.15) is 13.2 Å². The van der Waals surface area contributed by atoms with E-state index < -0.39 is 23.7 Å². The minimum absolute atomic E-state index is 0.298. The normalized spacial score (nSPS) is 13.2. The number of benzene rings is 1. The van der Waals surface area contributed by atoms with E-state index in [1.54, 1.807) is 6.92 Å². The van der Waals surface area contributed by atoms with Crippen LogP contribution in [0.25, 0.3) is 0 Å². The van der Waals surface area contributed by atoms with Crippen molar-refractivity contribution in [3.05, 3.63) is 29.8 Å². The topological polar surface area (TPSA) is 55.1 Å². The highest BCUT2D eigenvalue weighted by Gasteiger charge is 2.30. The Hall–Kier alpha value is -1.56. The summed E-state index contributed by atoms with van der Waals surface area (Å²) >= 11 is 0. The van der Waals surface area contributed by atoms with Crippen LogP contribution in [0.15, 0.2) is 24.3 Å². The van der Waals surface area contributed by atoms with Crippen LogP contribution < -0.4 is 11.1 Å². The Bertz CT molecular complexity index is 387. The molecule has 0 saturated carbocycles. The van der Waals surface area contributed by atoms with Crippen LogP contribution in [-0.4, -0.2) is 11.9 Å². The Morgan fingerprint density at radius 3 is 2.29 bits per heavy atom. The van der Waals surface area contributed by atoms with E-state index in [0.29, 0.717) is 12.1 Å². The first-order valence-corrected chi connectivity index (χ1v) is 5.08. The largest absolute Gasteiger partial charge is 0.416 e. The van der Waals surface area contributed by atoms with Crippen LogP contribution in [0, 0.1) is 0 Å². The highest BCUT2D eigenvalue weighted by Crippen LogP contribution is 2.29. The number of hydrogen-bond acceptors (Lipinski definition) is 2. The van der Waals surface area contributed by atoms with Crippen molar-refractivity contribution in [1.82, 2.24) is 0 Å². The Labute approximate surface area is 96.8 Å². The quantitative estimate of drug-likeness (QED) is 0.860. The molecule has 0 heterocycles. The minimum Gasteiger partial charge on any atom is -0.325 e. The second kappa shape index (κ2) is 5.18. The van der Waals surface area contributed by atoms with Gasteiger partial charge in [-0.1, -0.05) is 6.92 Å². The van der Waals surface area contributed by atoms with E-state index in [-0.39, 0.29) is 0 Å². The second-order valence-electron chi connectivity index (χ2n) is 3.58. The number of carbonyl (C=O) groups is 1. The van der Waals surface area contributed by atoms with Gasteiger partial charge in [0.15, 0.2) is 0 Å². The molecule has 0 radical (unpaired) electrons. The Kier molecular flexibility index (Phi) is 4.11. The van der Waals surface area contributed by atoms with E-state index in [9.17, 15) is 18.0 Å². The third-order valence-corrected chi connectivity index (χ3v) is 2.26. The maximum atomic E-state index is 12.3. The fourth-order valence-electron chi connectivity index (χ4n) is 1.16. The van der Waals surface area contributed by atoms with E-state index >= 15 is 0 Å². The molecule has 0 fully saturated rings. The van der Waals surface area contributed by atoms with Gasteiger partial charge >= 0.3 is 6.18 Å². The van der Waals surface area contributed by atoms with E-state index in [2.05, 4.69) is 5.32 Å². The standard InChI is InChI=1S/C11H13F3N2O/c1-2-9(15)10(17)16-8-5-3-7(4-6-8)11(12,13)14/h3-6,9H,2,15H2,1H3,(H,16,17)/t9-/m0/s1. The number of carbonyl (C=O) groups excluding carboxylic acids is 1. The number of alkyl halides is 3. The third-order valence-electron chi connectivity index (χ3n) is 2.26. The summed E-state index contributed by atoms with van der Waals surface area (Å²) in [4.78, 5) is 11.4. The van der Waals surface area contributed by atoms with Gasteiger partial charge in [0.1, 0.15) is 0 Å². The molecule has 0 bridgehead atoms. The average Bonchev–Trinajstić information content (AvgIpc) is 2.27. The Morgan fingerprint density at radius 1 is 1.35 bits per heavy atom. The second-order valence-corrected chi connectivity index (χ2v) is 3.58. The molecule has 3 nitrogen and oxygen atoms in total. The molecule has 0 aliphatic carbocycles. The highest BCUT2D eigenvalue weighted by molar-refractivity contribution is 5.94. The van der Waals surface area contributed by atoms with E-state index in [1.165, 1.54) is 12.1 Å². The predicted octanol–water partition coefficient (Wildman–Crippen LogP) is 2.38. The van der Waals surface area contributed by atoms with Crippen LogP contribution in [0.3, 0.4) is 0 Å². The first-order valence-electron chi connectivity index (χ1n) is 5.08. The lowest BCUT2D eigenvalue weighted by Crippen LogP contribution is -2.34. The summed E-state index contributed by atoms with van der Waals surface area (Å²) in [5, 5.41) is 2.44. The van der Waals surface area contributed by atoms with Crippen molar-refractivity contribution in [1.29, 1.82) is 0 Å². The summed E-state index contributed by atoms with van der Waals surface area (Å²) in [7, 11) is 0. The van der Waals surface area contributed by atoms with Crippen molar-refractivity contribution < 1.29 is 18.0 Å².